The summed E-state index contributed by atoms with van der Waals surface area (Å²) < 4.78 is 0.483. The van der Waals surface area contributed by atoms with E-state index in [1.165, 1.54) is 0 Å². The topological polar surface area (TPSA) is 59.8 Å². The van der Waals surface area contributed by atoms with Crippen molar-refractivity contribution in [3.05, 3.63) is 27.0 Å². The van der Waals surface area contributed by atoms with Crippen LogP contribution in [0.3, 0.4) is 0 Å². The zero-order valence-electron chi connectivity index (χ0n) is 9.42. The highest BCUT2D eigenvalue weighted by atomic mass is 32.1. The molecule has 1 unspecified atom stereocenters. The minimum Gasteiger partial charge on any atom is -0.390 e. The lowest BCUT2D eigenvalue weighted by atomic mass is 9.80. The quantitative estimate of drug-likeness (QED) is 0.676. The van der Waals surface area contributed by atoms with Crippen LogP contribution in [-0.4, -0.2) is 15.7 Å². The van der Waals surface area contributed by atoms with E-state index in [4.69, 9.17) is 17.5 Å². The fourth-order valence-electron chi connectivity index (χ4n) is 2.34. The van der Waals surface area contributed by atoms with E-state index in [2.05, 4.69) is 11.1 Å². The van der Waals surface area contributed by atoms with Gasteiger partial charge in [0.05, 0.1) is 11.2 Å². The number of aliphatic hydroxyl groups is 1. The third-order valence-electron chi connectivity index (χ3n) is 3.23. The van der Waals surface area contributed by atoms with Crippen LogP contribution >= 0.6 is 12.2 Å². The van der Waals surface area contributed by atoms with Crippen molar-refractivity contribution in [2.75, 3.05) is 0 Å². The lowest BCUT2D eigenvalue weighted by Gasteiger charge is -2.31. The Labute approximate surface area is 99.7 Å². The lowest BCUT2D eigenvalue weighted by molar-refractivity contribution is 0.0456. The second-order valence-electron chi connectivity index (χ2n) is 4.70. The summed E-state index contributed by atoms with van der Waals surface area (Å²) in [5.41, 5.74) is 2.91. The second-order valence-corrected chi connectivity index (χ2v) is 5.11. The largest absolute Gasteiger partial charge is 0.390 e. The highest BCUT2D eigenvalue weighted by Gasteiger charge is 2.30. The normalized spacial score (nSPS) is 23.6. The van der Waals surface area contributed by atoms with Crippen LogP contribution < -0.4 is 0 Å². The minimum absolute atomic E-state index is 0.483. The number of hydrogen-bond donors (Lipinski definition) is 2. The number of nitrogens with one attached hydrogen (secondary N) is 1. The molecule has 0 radical (unpaired) electrons. The molecule has 0 saturated heterocycles. The number of nitrogens with zero attached hydrogens (tertiary/aromatic N) is 1. The Bertz CT molecular complexity index is 537. The molecule has 0 saturated carbocycles. The molecule has 0 amide bonds. The van der Waals surface area contributed by atoms with Crippen molar-refractivity contribution in [1.29, 1.82) is 5.26 Å². The molecule has 1 aliphatic carbocycles. The van der Waals surface area contributed by atoms with Crippen molar-refractivity contribution in [3.63, 3.8) is 0 Å². The zero-order chi connectivity index (χ0) is 11.9. The van der Waals surface area contributed by atoms with Crippen LogP contribution in [0.4, 0.5) is 0 Å². The van der Waals surface area contributed by atoms with Crippen LogP contribution in [0.1, 0.15) is 35.7 Å². The van der Waals surface area contributed by atoms with Crippen molar-refractivity contribution in [2.45, 2.75) is 38.7 Å². The summed E-state index contributed by atoms with van der Waals surface area (Å²) >= 11 is 5.14. The van der Waals surface area contributed by atoms with Crippen molar-refractivity contribution >= 4 is 12.2 Å². The Morgan fingerprint density at radius 3 is 2.81 bits per heavy atom. The molecular weight excluding hydrogens is 220 g/mol. The Kier molecular flexibility index (Phi) is 2.61. The number of pyridine rings is 1. The number of rotatable bonds is 0. The molecule has 0 aliphatic heterocycles. The predicted octanol–water partition coefficient (Wildman–Crippen LogP) is 2.16. The number of hydrogen-bond acceptors (Lipinski definition) is 3. The van der Waals surface area contributed by atoms with Gasteiger partial charge in [0.25, 0.3) is 0 Å². The van der Waals surface area contributed by atoms with Gasteiger partial charge in [-0.05, 0) is 37.8 Å². The summed E-state index contributed by atoms with van der Waals surface area (Å²) in [6.45, 7) is 3.78. The molecule has 84 valence electrons. The molecule has 0 fully saturated rings. The summed E-state index contributed by atoms with van der Waals surface area (Å²) in [7, 11) is 0. The van der Waals surface area contributed by atoms with Crippen LogP contribution in [0.25, 0.3) is 0 Å². The monoisotopic (exact) mass is 234 g/mol. The maximum Gasteiger partial charge on any atom is 0.121 e. The first-order chi connectivity index (χ1) is 7.44. The molecule has 3 nitrogen and oxygen atoms in total. The van der Waals surface area contributed by atoms with E-state index < -0.39 is 5.60 Å². The van der Waals surface area contributed by atoms with Gasteiger partial charge in [-0.1, -0.05) is 12.2 Å². The Morgan fingerprint density at radius 1 is 1.50 bits per heavy atom. The summed E-state index contributed by atoms with van der Waals surface area (Å²) in [6, 6.07) is 2.14. The van der Waals surface area contributed by atoms with Gasteiger partial charge in [0, 0.05) is 12.1 Å². The van der Waals surface area contributed by atoms with E-state index in [1.54, 1.807) is 0 Å². The molecule has 16 heavy (non-hydrogen) atoms. The van der Waals surface area contributed by atoms with Gasteiger partial charge in [0.1, 0.15) is 10.7 Å². The summed E-state index contributed by atoms with van der Waals surface area (Å²) in [5.74, 6) is 0. The van der Waals surface area contributed by atoms with Crippen molar-refractivity contribution in [3.8, 4) is 6.07 Å². The molecule has 1 aliphatic rings. The number of aryl methyl sites for hydroxylation is 1. The van der Waals surface area contributed by atoms with E-state index in [-0.39, 0.29) is 0 Å². The predicted molar refractivity (Wildman–Crippen MR) is 63.7 cm³/mol. The zero-order valence-corrected chi connectivity index (χ0v) is 10.2. The van der Waals surface area contributed by atoms with Gasteiger partial charge in [-0.3, -0.25) is 0 Å². The van der Waals surface area contributed by atoms with E-state index >= 15 is 0 Å². The summed E-state index contributed by atoms with van der Waals surface area (Å²) in [4.78, 5) is 3.06. The molecule has 1 aromatic heterocycles. The fourth-order valence-corrected chi connectivity index (χ4v) is 2.66. The van der Waals surface area contributed by atoms with Gasteiger partial charge in [0.2, 0.25) is 0 Å². The van der Waals surface area contributed by atoms with E-state index in [9.17, 15) is 5.11 Å². The number of fused-ring (bicyclic) bond motifs is 1. The van der Waals surface area contributed by atoms with Crippen molar-refractivity contribution in [2.24, 2.45) is 0 Å². The standard InChI is InChI=1S/C12H14N2OS/c1-7-8-3-4-12(2,15)5-9(8)10(6-13)11(16)14-7/h15H,3-5H2,1-2H3,(H,14,16). The first kappa shape index (κ1) is 11.3. The van der Waals surface area contributed by atoms with E-state index in [0.717, 1.165) is 29.7 Å². The molecule has 2 rings (SSSR count). The fraction of sp³-hybridized carbons (Fsp3) is 0.500. The number of aromatic amines is 1. The molecular formula is C12H14N2OS. The number of H-pyrrole nitrogens is 1. The maximum absolute atomic E-state index is 10.1. The first-order valence-corrected chi connectivity index (χ1v) is 5.72. The highest BCUT2D eigenvalue weighted by Crippen LogP contribution is 2.31. The first-order valence-electron chi connectivity index (χ1n) is 5.32. The average Bonchev–Trinajstić information content (AvgIpc) is 2.16. The number of aromatic nitrogens is 1. The van der Waals surface area contributed by atoms with E-state index in [1.807, 2.05) is 13.8 Å². The average molecular weight is 234 g/mol. The van der Waals surface area contributed by atoms with Crippen LogP contribution in [0.15, 0.2) is 0 Å². The van der Waals surface area contributed by atoms with Gasteiger partial charge >= 0.3 is 0 Å². The minimum atomic E-state index is -0.714. The lowest BCUT2D eigenvalue weighted by Crippen LogP contribution is -2.33. The highest BCUT2D eigenvalue weighted by molar-refractivity contribution is 7.71. The van der Waals surface area contributed by atoms with Gasteiger partial charge in [0.15, 0.2) is 0 Å². The third kappa shape index (κ3) is 1.77. The van der Waals surface area contributed by atoms with Crippen LogP contribution in [0.2, 0.25) is 0 Å². The SMILES string of the molecule is Cc1[nH]c(=S)c(C#N)c2c1CCC(C)(O)C2. The van der Waals surface area contributed by atoms with Crippen LogP contribution in [-0.2, 0) is 12.8 Å². The van der Waals surface area contributed by atoms with Gasteiger partial charge in [-0.15, -0.1) is 0 Å². The van der Waals surface area contributed by atoms with Gasteiger partial charge in [-0.25, -0.2) is 0 Å². The van der Waals surface area contributed by atoms with Crippen LogP contribution in [0.5, 0.6) is 0 Å². The van der Waals surface area contributed by atoms with Crippen LogP contribution in [0, 0.1) is 22.9 Å². The second kappa shape index (κ2) is 3.69. The Balaban J connectivity index is 2.70. The third-order valence-corrected chi connectivity index (χ3v) is 3.54. The summed E-state index contributed by atoms with van der Waals surface area (Å²) in [5, 5.41) is 19.2. The number of nitriles is 1. The molecule has 0 bridgehead atoms. The van der Waals surface area contributed by atoms with Crippen molar-refractivity contribution < 1.29 is 5.11 Å². The smallest absolute Gasteiger partial charge is 0.121 e. The molecule has 2 N–H and O–H groups in total. The summed E-state index contributed by atoms with van der Waals surface area (Å²) in [6.07, 6.45) is 2.05. The van der Waals surface area contributed by atoms with Gasteiger partial charge in [-0.2, -0.15) is 5.26 Å². The molecule has 1 aromatic rings. The Morgan fingerprint density at radius 2 is 2.19 bits per heavy atom. The molecule has 4 heteroatoms. The van der Waals surface area contributed by atoms with E-state index in [0.29, 0.717) is 16.6 Å². The Hall–Kier alpha value is -1.18. The molecule has 1 heterocycles. The maximum atomic E-state index is 10.1. The van der Waals surface area contributed by atoms with Gasteiger partial charge < -0.3 is 10.1 Å². The molecule has 0 spiro atoms. The molecule has 1 atom stereocenters. The van der Waals surface area contributed by atoms with Crippen molar-refractivity contribution in [1.82, 2.24) is 4.98 Å². The molecule has 0 aromatic carbocycles.